The van der Waals surface area contributed by atoms with E-state index in [1.807, 2.05) is 6.92 Å². The van der Waals surface area contributed by atoms with Gasteiger partial charge in [-0.3, -0.25) is 14.9 Å². The van der Waals surface area contributed by atoms with Gasteiger partial charge >= 0.3 is 0 Å². The van der Waals surface area contributed by atoms with Gasteiger partial charge in [0.25, 0.3) is 11.6 Å². The van der Waals surface area contributed by atoms with E-state index in [0.717, 1.165) is 12.8 Å². The van der Waals surface area contributed by atoms with Crippen molar-refractivity contribution in [2.45, 2.75) is 50.9 Å². The van der Waals surface area contributed by atoms with E-state index in [1.54, 1.807) is 13.0 Å². The number of nitrogens with two attached hydrogens (primary N) is 1. The lowest BCUT2D eigenvalue weighted by atomic mass is 9.70. The molecule has 1 aliphatic heterocycles. The molecule has 2 fully saturated rings. The van der Waals surface area contributed by atoms with Crippen molar-refractivity contribution in [1.82, 2.24) is 5.32 Å². The molecule has 1 aliphatic carbocycles. The minimum Gasteiger partial charge on any atom is -0.393 e. The average molecular weight is 349 g/mol. The maximum absolute atomic E-state index is 12.7. The lowest BCUT2D eigenvalue weighted by Gasteiger charge is -2.52. The Balaban J connectivity index is 1.80. The number of rotatable bonds is 5. The van der Waals surface area contributed by atoms with Crippen LogP contribution in [0.15, 0.2) is 12.1 Å². The van der Waals surface area contributed by atoms with Crippen LogP contribution >= 0.6 is 0 Å². The number of nitro groups is 1. The first-order chi connectivity index (χ1) is 11.9. The number of carbonyl (C=O) groups is 1. The van der Waals surface area contributed by atoms with Gasteiger partial charge in [0.2, 0.25) is 0 Å². The predicted octanol–water partition coefficient (Wildman–Crippen LogP) is 1.94. The molecule has 0 aromatic heterocycles. The number of ether oxygens (including phenoxy) is 2. The third-order valence-corrected chi connectivity index (χ3v) is 5.08. The number of nitrogen functional groups attached to an aromatic ring is 1. The molecule has 1 aromatic rings. The zero-order valence-corrected chi connectivity index (χ0v) is 14.4. The number of nitrogens with one attached hydrogen (secondary N) is 1. The standard InChI is InChI=1S/C17H23N3O5/c1-3-24-14-9-13(17(14)5-4-6-25-17)19-16(21)11-7-10(2)8-12(15(11)18)20(22)23/h7-8,13-14H,3-6,9,18H2,1-2H3,(H,19,21)/t13-,14+,17-/m0/s1. The molecule has 25 heavy (non-hydrogen) atoms. The summed E-state index contributed by atoms with van der Waals surface area (Å²) in [5.41, 5.74) is 5.73. The summed E-state index contributed by atoms with van der Waals surface area (Å²) in [7, 11) is 0. The summed E-state index contributed by atoms with van der Waals surface area (Å²) in [4.78, 5) is 23.2. The van der Waals surface area contributed by atoms with E-state index in [4.69, 9.17) is 15.2 Å². The van der Waals surface area contributed by atoms with E-state index in [-0.39, 0.29) is 29.1 Å². The van der Waals surface area contributed by atoms with Crippen LogP contribution < -0.4 is 11.1 Å². The van der Waals surface area contributed by atoms with Crippen molar-refractivity contribution in [2.24, 2.45) is 0 Å². The number of amides is 1. The van der Waals surface area contributed by atoms with Gasteiger partial charge in [-0.15, -0.1) is 0 Å². The minimum atomic E-state index is -0.574. The molecule has 136 valence electrons. The molecule has 0 unspecified atom stereocenters. The van der Waals surface area contributed by atoms with E-state index in [0.29, 0.717) is 25.2 Å². The molecule has 0 bridgehead atoms. The fraction of sp³-hybridized carbons (Fsp3) is 0.588. The first kappa shape index (κ1) is 17.6. The molecule has 3 N–H and O–H groups in total. The molecule has 0 radical (unpaired) electrons. The highest BCUT2D eigenvalue weighted by Crippen LogP contribution is 2.45. The second-order valence-corrected chi connectivity index (χ2v) is 6.62. The van der Waals surface area contributed by atoms with Gasteiger partial charge in [0, 0.05) is 19.3 Å². The molecule has 3 rings (SSSR count). The van der Waals surface area contributed by atoms with E-state index in [1.165, 1.54) is 6.07 Å². The van der Waals surface area contributed by atoms with Crippen molar-refractivity contribution in [1.29, 1.82) is 0 Å². The average Bonchev–Trinajstić information content (AvgIpc) is 3.08. The number of aryl methyl sites for hydroxylation is 1. The normalized spacial score (nSPS) is 27.9. The number of nitro benzene ring substituents is 1. The highest BCUT2D eigenvalue weighted by Gasteiger charge is 2.59. The number of nitrogens with zero attached hydrogens (tertiary/aromatic N) is 1. The zero-order chi connectivity index (χ0) is 18.2. The van der Waals surface area contributed by atoms with Gasteiger partial charge in [-0.1, -0.05) is 0 Å². The summed E-state index contributed by atoms with van der Waals surface area (Å²) in [6.45, 7) is 4.86. The van der Waals surface area contributed by atoms with Crippen LogP contribution in [0.5, 0.6) is 0 Å². The van der Waals surface area contributed by atoms with Crippen LogP contribution in [-0.2, 0) is 9.47 Å². The molecule has 3 atom stereocenters. The number of anilines is 1. The number of hydrogen-bond acceptors (Lipinski definition) is 6. The monoisotopic (exact) mass is 349 g/mol. The van der Waals surface area contributed by atoms with Crippen molar-refractivity contribution in [3.63, 3.8) is 0 Å². The third kappa shape index (κ3) is 2.96. The molecule has 8 nitrogen and oxygen atoms in total. The first-order valence-electron chi connectivity index (χ1n) is 8.50. The van der Waals surface area contributed by atoms with Crippen LogP contribution in [0.4, 0.5) is 11.4 Å². The van der Waals surface area contributed by atoms with Crippen LogP contribution in [0.25, 0.3) is 0 Å². The van der Waals surface area contributed by atoms with Crippen molar-refractivity contribution < 1.29 is 19.2 Å². The predicted molar refractivity (Wildman–Crippen MR) is 91.4 cm³/mol. The maximum atomic E-state index is 12.7. The number of hydrogen-bond donors (Lipinski definition) is 2. The fourth-order valence-electron chi connectivity index (χ4n) is 3.83. The van der Waals surface area contributed by atoms with Crippen molar-refractivity contribution in [3.8, 4) is 0 Å². The summed E-state index contributed by atoms with van der Waals surface area (Å²) in [5.74, 6) is -0.417. The van der Waals surface area contributed by atoms with Crippen molar-refractivity contribution in [3.05, 3.63) is 33.4 Å². The lowest BCUT2D eigenvalue weighted by Crippen LogP contribution is -2.69. The third-order valence-electron chi connectivity index (χ3n) is 5.08. The Bertz CT molecular complexity index is 700. The smallest absolute Gasteiger partial charge is 0.293 e. The van der Waals surface area contributed by atoms with Gasteiger partial charge < -0.3 is 20.5 Å². The molecular formula is C17H23N3O5. The SMILES string of the molecule is CCO[C@@H]1C[C@H](NC(=O)c2cc(C)cc([N+](=O)[O-])c2N)[C@@]12CCCO2. The molecule has 1 saturated heterocycles. The van der Waals surface area contributed by atoms with E-state index >= 15 is 0 Å². The van der Waals surface area contributed by atoms with Crippen LogP contribution in [-0.4, -0.2) is 41.8 Å². The molecule has 1 amide bonds. The quantitative estimate of drug-likeness (QED) is 0.477. The molecule has 1 heterocycles. The van der Waals surface area contributed by atoms with E-state index < -0.39 is 16.4 Å². The van der Waals surface area contributed by atoms with Crippen LogP contribution in [0.1, 0.15) is 42.1 Å². The minimum absolute atomic E-state index is 0.0329. The molecule has 1 saturated carbocycles. The maximum Gasteiger partial charge on any atom is 0.293 e. The Morgan fingerprint density at radius 2 is 2.32 bits per heavy atom. The fourth-order valence-corrected chi connectivity index (χ4v) is 3.83. The molecule has 8 heteroatoms. The van der Waals surface area contributed by atoms with Gasteiger partial charge in [0.1, 0.15) is 11.3 Å². The van der Waals surface area contributed by atoms with Crippen LogP contribution in [0.3, 0.4) is 0 Å². The molecular weight excluding hydrogens is 326 g/mol. The Labute approximate surface area is 145 Å². The molecule has 2 aliphatic rings. The molecule has 1 spiro atoms. The number of benzene rings is 1. The van der Waals surface area contributed by atoms with Gasteiger partial charge in [0.05, 0.1) is 22.6 Å². The molecule has 1 aromatic carbocycles. The van der Waals surface area contributed by atoms with Crippen LogP contribution in [0, 0.1) is 17.0 Å². The summed E-state index contributed by atoms with van der Waals surface area (Å²) in [6.07, 6.45) is 2.38. The van der Waals surface area contributed by atoms with E-state index in [9.17, 15) is 14.9 Å². The Kier molecular flexibility index (Phi) is 4.66. The number of carbonyl (C=O) groups excluding carboxylic acids is 1. The topological polar surface area (TPSA) is 117 Å². The summed E-state index contributed by atoms with van der Waals surface area (Å²) in [5, 5.41) is 14.1. The summed E-state index contributed by atoms with van der Waals surface area (Å²) < 4.78 is 11.7. The Hall–Kier alpha value is -2.19. The summed E-state index contributed by atoms with van der Waals surface area (Å²) >= 11 is 0. The lowest BCUT2D eigenvalue weighted by molar-refractivity contribution is -0.384. The van der Waals surface area contributed by atoms with Gasteiger partial charge in [0.15, 0.2) is 0 Å². The van der Waals surface area contributed by atoms with E-state index in [2.05, 4.69) is 5.32 Å². The van der Waals surface area contributed by atoms with Crippen molar-refractivity contribution in [2.75, 3.05) is 18.9 Å². The first-order valence-corrected chi connectivity index (χ1v) is 8.50. The Morgan fingerprint density at radius 1 is 1.56 bits per heavy atom. The van der Waals surface area contributed by atoms with Crippen molar-refractivity contribution >= 4 is 17.3 Å². The highest BCUT2D eigenvalue weighted by atomic mass is 16.6. The second kappa shape index (κ2) is 6.61. The van der Waals surface area contributed by atoms with Gasteiger partial charge in [-0.25, -0.2) is 0 Å². The van der Waals surface area contributed by atoms with Gasteiger partial charge in [-0.2, -0.15) is 0 Å². The summed E-state index contributed by atoms with van der Waals surface area (Å²) in [6, 6.07) is 2.75. The van der Waals surface area contributed by atoms with Gasteiger partial charge in [-0.05, 0) is 44.7 Å². The largest absolute Gasteiger partial charge is 0.393 e. The zero-order valence-electron chi connectivity index (χ0n) is 14.4. The Morgan fingerprint density at radius 3 is 2.92 bits per heavy atom. The van der Waals surface area contributed by atoms with Crippen LogP contribution in [0.2, 0.25) is 0 Å². The second-order valence-electron chi connectivity index (χ2n) is 6.62. The highest BCUT2D eigenvalue weighted by molar-refractivity contribution is 6.01.